The average Bonchev–Trinajstić information content (AvgIpc) is 2.71. The Bertz CT molecular complexity index is 852. The van der Waals surface area contributed by atoms with Gasteiger partial charge in [-0.3, -0.25) is 4.79 Å². The van der Waals surface area contributed by atoms with Crippen LogP contribution < -0.4 is 20.7 Å². The second kappa shape index (κ2) is 12.5. The van der Waals surface area contributed by atoms with Gasteiger partial charge in [0.15, 0.2) is 5.96 Å². The Morgan fingerprint density at radius 3 is 2.67 bits per heavy atom. The summed E-state index contributed by atoms with van der Waals surface area (Å²) in [4.78, 5) is 15.9. The molecule has 0 bridgehead atoms. The SMILES string of the molecule is CCNC(=NCc1cccc(NC(C)=O)c1)NCc1ccc(C)cc1OCCOC. The predicted octanol–water partition coefficient (Wildman–Crippen LogP) is 3.23. The summed E-state index contributed by atoms with van der Waals surface area (Å²) in [5.41, 5.74) is 3.98. The van der Waals surface area contributed by atoms with Crippen molar-refractivity contribution >= 4 is 17.6 Å². The highest BCUT2D eigenvalue weighted by Crippen LogP contribution is 2.20. The number of nitrogens with one attached hydrogen (secondary N) is 3. The second-order valence-electron chi connectivity index (χ2n) is 6.88. The van der Waals surface area contributed by atoms with Crippen LogP contribution in [0.1, 0.15) is 30.5 Å². The molecule has 2 rings (SSSR count). The molecule has 162 valence electrons. The fraction of sp³-hybridized carbons (Fsp3) is 0.391. The molecule has 0 spiro atoms. The monoisotopic (exact) mass is 412 g/mol. The molecule has 0 radical (unpaired) electrons. The van der Waals surface area contributed by atoms with E-state index >= 15 is 0 Å². The van der Waals surface area contributed by atoms with E-state index in [-0.39, 0.29) is 5.91 Å². The molecular weight excluding hydrogens is 380 g/mol. The van der Waals surface area contributed by atoms with Gasteiger partial charge >= 0.3 is 0 Å². The number of carbonyl (C=O) groups is 1. The highest BCUT2D eigenvalue weighted by Gasteiger charge is 2.06. The number of guanidine groups is 1. The van der Waals surface area contributed by atoms with Gasteiger partial charge in [0.2, 0.25) is 5.91 Å². The predicted molar refractivity (Wildman–Crippen MR) is 121 cm³/mol. The quantitative estimate of drug-likeness (QED) is 0.317. The number of hydrogen-bond donors (Lipinski definition) is 3. The number of benzene rings is 2. The van der Waals surface area contributed by atoms with E-state index in [9.17, 15) is 4.79 Å². The number of hydrogen-bond acceptors (Lipinski definition) is 4. The Balaban J connectivity index is 2.04. The van der Waals surface area contributed by atoms with Crippen LogP contribution >= 0.6 is 0 Å². The van der Waals surface area contributed by atoms with Crippen LogP contribution in [0.5, 0.6) is 5.75 Å². The zero-order chi connectivity index (χ0) is 21.8. The van der Waals surface area contributed by atoms with Crippen molar-refractivity contribution in [3.05, 3.63) is 59.2 Å². The number of anilines is 1. The third-order valence-electron chi connectivity index (χ3n) is 4.23. The van der Waals surface area contributed by atoms with Crippen LogP contribution in [-0.2, 0) is 22.6 Å². The molecule has 0 unspecified atom stereocenters. The van der Waals surface area contributed by atoms with Crippen LogP contribution in [0.15, 0.2) is 47.5 Å². The first kappa shape index (κ1) is 23.2. The third-order valence-corrected chi connectivity index (χ3v) is 4.23. The van der Waals surface area contributed by atoms with Crippen LogP contribution in [0, 0.1) is 6.92 Å². The maximum absolute atomic E-state index is 11.3. The maximum atomic E-state index is 11.3. The van der Waals surface area contributed by atoms with E-state index < -0.39 is 0 Å². The van der Waals surface area contributed by atoms with Crippen molar-refractivity contribution in [1.29, 1.82) is 0 Å². The van der Waals surface area contributed by atoms with E-state index in [1.165, 1.54) is 6.92 Å². The standard InChI is InChI=1S/C23H32N4O3/c1-5-24-23(25-15-19-7-6-8-21(14-19)27-18(3)28)26-16-20-10-9-17(2)13-22(20)30-12-11-29-4/h6-10,13-14H,5,11-12,15-16H2,1-4H3,(H,27,28)(H2,24,25,26). The largest absolute Gasteiger partial charge is 0.491 e. The Kier molecular flexibility index (Phi) is 9.67. The molecule has 7 nitrogen and oxygen atoms in total. The molecule has 1 amide bonds. The Labute approximate surface area is 178 Å². The number of ether oxygens (including phenoxy) is 2. The van der Waals surface area contributed by atoms with Crippen molar-refractivity contribution in [3.63, 3.8) is 0 Å². The molecule has 0 saturated heterocycles. The highest BCUT2D eigenvalue weighted by molar-refractivity contribution is 5.88. The average molecular weight is 413 g/mol. The highest BCUT2D eigenvalue weighted by atomic mass is 16.5. The fourth-order valence-corrected chi connectivity index (χ4v) is 2.82. The summed E-state index contributed by atoms with van der Waals surface area (Å²) in [5, 5.41) is 9.42. The zero-order valence-corrected chi connectivity index (χ0v) is 18.2. The lowest BCUT2D eigenvalue weighted by Crippen LogP contribution is -2.36. The molecule has 0 aliphatic heterocycles. The second-order valence-corrected chi connectivity index (χ2v) is 6.88. The van der Waals surface area contributed by atoms with Gasteiger partial charge in [0.25, 0.3) is 0 Å². The molecule has 3 N–H and O–H groups in total. The van der Waals surface area contributed by atoms with E-state index in [0.29, 0.717) is 32.3 Å². The van der Waals surface area contributed by atoms with E-state index in [2.05, 4.69) is 33.1 Å². The van der Waals surface area contributed by atoms with E-state index in [1.54, 1.807) is 7.11 Å². The first-order valence-electron chi connectivity index (χ1n) is 10.1. The zero-order valence-electron chi connectivity index (χ0n) is 18.2. The minimum Gasteiger partial charge on any atom is -0.491 e. The van der Waals surface area contributed by atoms with Gasteiger partial charge in [0.05, 0.1) is 13.2 Å². The van der Waals surface area contributed by atoms with E-state index in [4.69, 9.17) is 9.47 Å². The van der Waals surface area contributed by atoms with Crippen LogP contribution in [0.3, 0.4) is 0 Å². The summed E-state index contributed by atoms with van der Waals surface area (Å²) in [7, 11) is 1.66. The molecule has 30 heavy (non-hydrogen) atoms. The summed E-state index contributed by atoms with van der Waals surface area (Å²) in [6, 6.07) is 13.8. The van der Waals surface area contributed by atoms with Crippen molar-refractivity contribution in [3.8, 4) is 5.75 Å². The topological polar surface area (TPSA) is 84.0 Å². The van der Waals surface area contributed by atoms with E-state index in [1.807, 2.05) is 44.2 Å². The first-order chi connectivity index (χ1) is 14.5. The molecule has 2 aromatic rings. The number of methoxy groups -OCH3 is 1. The van der Waals surface area contributed by atoms with Gasteiger partial charge in [-0.2, -0.15) is 0 Å². The molecule has 0 heterocycles. The maximum Gasteiger partial charge on any atom is 0.221 e. The summed E-state index contributed by atoms with van der Waals surface area (Å²) in [6.45, 7) is 8.45. The molecular formula is C23H32N4O3. The molecule has 0 fully saturated rings. The Hall–Kier alpha value is -3.06. The van der Waals surface area contributed by atoms with Crippen molar-refractivity contribution in [2.45, 2.75) is 33.9 Å². The van der Waals surface area contributed by atoms with Crippen LogP contribution in [0.25, 0.3) is 0 Å². The molecule has 0 saturated carbocycles. The summed E-state index contributed by atoms with van der Waals surface area (Å²) in [5.74, 6) is 1.47. The number of aryl methyl sites for hydroxylation is 1. The van der Waals surface area contributed by atoms with Gasteiger partial charge in [0, 0.05) is 38.4 Å². The molecule has 2 aromatic carbocycles. The van der Waals surface area contributed by atoms with E-state index in [0.717, 1.165) is 34.7 Å². The third kappa shape index (κ3) is 8.13. The Morgan fingerprint density at radius 1 is 1.10 bits per heavy atom. The lowest BCUT2D eigenvalue weighted by Gasteiger charge is -2.15. The van der Waals surface area contributed by atoms with Gasteiger partial charge in [0.1, 0.15) is 12.4 Å². The number of nitrogens with zero attached hydrogens (tertiary/aromatic N) is 1. The van der Waals surface area contributed by atoms with Gasteiger partial charge in [-0.05, 0) is 43.2 Å². The summed E-state index contributed by atoms with van der Waals surface area (Å²) >= 11 is 0. The lowest BCUT2D eigenvalue weighted by atomic mass is 10.1. The Morgan fingerprint density at radius 2 is 1.93 bits per heavy atom. The molecule has 7 heteroatoms. The van der Waals surface area contributed by atoms with Crippen molar-refractivity contribution in [1.82, 2.24) is 10.6 Å². The molecule has 0 aromatic heterocycles. The fourth-order valence-electron chi connectivity index (χ4n) is 2.82. The van der Waals surface area contributed by atoms with Crippen molar-refractivity contribution < 1.29 is 14.3 Å². The normalized spacial score (nSPS) is 11.1. The molecule has 0 aliphatic rings. The molecule has 0 atom stereocenters. The molecule has 0 aliphatic carbocycles. The summed E-state index contributed by atoms with van der Waals surface area (Å²) < 4.78 is 10.9. The van der Waals surface area contributed by atoms with Gasteiger partial charge in [-0.15, -0.1) is 0 Å². The first-order valence-corrected chi connectivity index (χ1v) is 10.1. The number of rotatable bonds is 10. The summed E-state index contributed by atoms with van der Waals surface area (Å²) in [6.07, 6.45) is 0. The van der Waals surface area contributed by atoms with Crippen LogP contribution in [-0.4, -0.2) is 38.7 Å². The lowest BCUT2D eigenvalue weighted by molar-refractivity contribution is -0.114. The number of carbonyl (C=O) groups excluding carboxylic acids is 1. The number of aliphatic imine (C=N–C) groups is 1. The van der Waals surface area contributed by atoms with Gasteiger partial charge < -0.3 is 25.4 Å². The van der Waals surface area contributed by atoms with Crippen molar-refractivity contribution in [2.75, 3.05) is 32.2 Å². The number of amides is 1. The minimum absolute atomic E-state index is 0.0905. The van der Waals surface area contributed by atoms with Crippen LogP contribution in [0.4, 0.5) is 5.69 Å². The van der Waals surface area contributed by atoms with Gasteiger partial charge in [-0.25, -0.2) is 4.99 Å². The minimum atomic E-state index is -0.0905. The smallest absolute Gasteiger partial charge is 0.221 e. The van der Waals surface area contributed by atoms with Gasteiger partial charge in [-0.1, -0.05) is 24.3 Å². The van der Waals surface area contributed by atoms with Crippen molar-refractivity contribution in [2.24, 2.45) is 4.99 Å². The van der Waals surface area contributed by atoms with Crippen LogP contribution in [0.2, 0.25) is 0 Å².